The molecule has 0 N–H and O–H groups in total. The van der Waals surface area contributed by atoms with Gasteiger partial charge in [-0.2, -0.15) is 17.0 Å². The molecule has 25 heavy (non-hydrogen) atoms. The van der Waals surface area contributed by atoms with Gasteiger partial charge in [0.25, 0.3) is 0 Å². The Balaban J connectivity index is 2.07. The Kier molecular flexibility index (Phi) is 6.00. The molecule has 4 nitrogen and oxygen atoms in total. The summed E-state index contributed by atoms with van der Waals surface area (Å²) >= 11 is 3.15. The lowest BCUT2D eigenvalue weighted by Crippen LogP contribution is -2.12. The van der Waals surface area contributed by atoms with E-state index in [1.807, 2.05) is 42.1 Å². The van der Waals surface area contributed by atoms with Gasteiger partial charge in [0.15, 0.2) is 0 Å². The van der Waals surface area contributed by atoms with E-state index < -0.39 is 0 Å². The highest BCUT2D eigenvalue weighted by molar-refractivity contribution is 8.00. The summed E-state index contributed by atoms with van der Waals surface area (Å²) in [5, 5.41) is 10.4. The second-order valence-corrected chi connectivity index (χ2v) is 7.54. The van der Waals surface area contributed by atoms with Crippen LogP contribution in [0.4, 0.5) is 0 Å². The quantitative estimate of drug-likeness (QED) is 0.584. The zero-order valence-corrected chi connectivity index (χ0v) is 15.6. The third-order valence-corrected chi connectivity index (χ3v) is 5.82. The number of ether oxygens (including phenoxy) is 1. The van der Waals surface area contributed by atoms with Crippen molar-refractivity contribution in [2.24, 2.45) is 0 Å². The summed E-state index contributed by atoms with van der Waals surface area (Å²) in [6.45, 7) is 2.14. The molecule has 2 heterocycles. The van der Waals surface area contributed by atoms with Crippen LogP contribution in [-0.4, -0.2) is 29.1 Å². The molecular weight excluding hydrogens is 352 g/mol. The van der Waals surface area contributed by atoms with Gasteiger partial charge in [0.2, 0.25) is 0 Å². The molecule has 0 saturated carbocycles. The van der Waals surface area contributed by atoms with Gasteiger partial charge < -0.3 is 4.74 Å². The average Bonchev–Trinajstić information content (AvgIpc) is 2.66. The number of pyridine rings is 1. The number of hydrogen-bond donors (Lipinski definition) is 0. The molecule has 128 valence electrons. The van der Waals surface area contributed by atoms with Crippen molar-refractivity contribution in [2.45, 2.75) is 24.1 Å². The van der Waals surface area contributed by atoms with Gasteiger partial charge in [-0.05, 0) is 30.2 Å². The normalized spacial score (nSPS) is 13.0. The molecule has 0 amide bonds. The van der Waals surface area contributed by atoms with Crippen molar-refractivity contribution in [1.82, 2.24) is 4.98 Å². The highest BCUT2D eigenvalue weighted by atomic mass is 32.2. The number of nitrogens with zero attached hydrogens (tertiary/aromatic N) is 2. The fraction of sp³-hybridized carbons (Fsp3) is 0.316. The van der Waals surface area contributed by atoms with Gasteiger partial charge in [-0.15, -0.1) is 0 Å². The molecule has 2 aromatic rings. The fourth-order valence-electron chi connectivity index (χ4n) is 2.81. The molecule has 0 radical (unpaired) electrons. The summed E-state index contributed by atoms with van der Waals surface area (Å²) in [6.07, 6.45) is 0.887. The summed E-state index contributed by atoms with van der Waals surface area (Å²) in [4.78, 5) is 16.4. The number of carbonyl (C=O) groups excluding carboxylic acids is 1. The molecule has 0 spiro atoms. The number of nitriles is 1. The summed E-state index contributed by atoms with van der Waals surface area (Å²) in [5.41, 5.74) is 4.74. The molecule has 1 aliphatic rings. The van der Waals surface area contributed by atoms with Crippen LogP contribution in [0, 0.1) is 11.3 Å². The van der Waals surface area contributed by atoms with Crippen LogP contribution in [0.2, 0.25) is 0 Å². The number of aromatic nitrogens is 1. The zero-order valence-electron chi connectivity index (χ0n) is 13.9. The number of aryl methyl sites for hydroxylation is 1. The Morgan fingerprint density at radius 1 is 1.40 bits per heavy atom. The molecule has 1 aromatic carbocycles. The molecule has 0 saturated heterocycles. The molecule has 3 rings (SSSR count). The monoisotopic (exact) mass is 370 g/mol. The number of fused-ring (bicyclic) bond motifs is 1. The van der Waals surface area contributed by atoms with Crippen LogP contribution in [0.25, 0.3) is 11.1 Å². The summed E-state index contributed by atoms with van der Waals surface area (Å²) < 4.78 is 4.99. The van der Waals surface area contributed by atoms with Crippen LogP contribution in [0.15, 0.2) is 35.4 Å². The predicted molar refractivity (Wildman–Crippen MR) is 102 cm³/mol. The number of esters is 1. The third-order valence-electron chi connectivity index (χ3n) is 3.89. The third kappa shape index (κ3) is 4.00. The van der Waals surface area contributed by atoms with Gasteiger partial charge in [-0.25, -0.2) is 4.98 Å². The second-order valence-electron chi connectivity index (χ2n) is 5.47. The molecule has 6 heteroatoms. The molecule has 1 aliphatic heterocycles. The predicted octanol–water partition coefficient (Wildman–Crippen LogP) is 4.06. The van der Waals surface area contributed by atoms with Gasteiger partial charge in [-0.1, -0.05) is 42.1 Å². The fourth-order valence-corrected chi connectivity index (χ4v) is 4.62. The number of thioether (sulfide) groups is 2. The van der Waals surface area contributed by atoms with Crippen LogP contribution in [0.1, 0.15) is 23.7 Å². The van der Waals surface area contributed by atoms with Gasteiger partial charge in [-0.3, -0.25) is 4.79 Å². The minimum atomic E-state index is -0.285. The van der Waals surface area contributed by atoms with Crippen LogP contribution in [0.5, 0.6) is 0 Å². The average molecular weight is 370 g/mol. The second kappa shape index (κ2) is 8.41. The van der Waals surface area contributed by atoms with E-state index in [0.29, 0.717) is 17.2 Å². The minimum Gasteiger partial charge on any atom is -0.465 e. The first-order valence-electron chi connectivity index (χ1n) is 8.12. The number of hydrogen-bond acceptors (Lipinski definition) is 6. The topological polar surface area (TPSA) is 63.0 Å². The van der Waals surface area contributed by atoms with Crippen molar-refractivity contribution in [1.29, 1.82) is 5.26 Å². The summed E-state index contributed by atoms with van der Waals surface area (Å²) in [7, 11) is 0. The molecular formula is C19H18N2O2S2. The van der Waals surface area contributed by atoms with Gasteiger partial charge in [0, 0.05) is 17.0 Å². The Bertz CT molecular complexity index is 816. The molecule has 0 atom stereocenters. The maximum Gasteiger partial charge on any atom is 0.316 e. The van der Waals surface area contributed by atoms with Gasteiger partial charge >= 0.3 is 5.97 Å². The van der Waals surface area contributed by atoms with E-state index in [2.05, 4.69) is 6.07 Å². The van der Waals surface area contributed by atoms with E-state index >= 15 is 0 Å². The Hall–Kier alpha value is -1.97. The highest BCUT2D eigenvalue weighted by Crippen LogP contribution is 2.38. The molecule has 1 aromatic heterocycles. The van der Waals surface area contributed by atoms with Crippen LogP contribution < -0.4 is 0 Å². The van der Waals surface area contributed by atoms with Crippen molar-refractivity contribution in [3.05, 3.63) is 47.2 Å². The SMILES string of the molecule is CCOC(=O)CSc1nc2c(c(-c3ccccc3)c1C#N)CSCC2. The standard InChI is InChI=1S/C19H18N2O2S2/c1-2-23-17(22)12-25-19-14(10-20)18(13-6-4-3-5-7-13)15-11-24-9-8-16(15)21-19/h3-7H,2,8-9,11-12H2,1H3. The van der Waals surface area contributed by atoms with Crippen molar-refractivity contribution < 1.29 is 9.53 Å². The minimum absolute atomic E-state index is 0.164. The van der Waals surface area contributed by atoms with Crippen LogP contribution in [-0.2, 0) is 21.7 Å². The number of carbonyl (C=O) groups is 1. The molecule has 0 aliphatic carbocycles. The molecule has 0 unspecified atom stereocenters. The van der Waals surface area contributed by atoms with Gasteiger partial charge in [0.05, 0.1) is 17.9 Å². The Labute approximate surface area is 156 Å². The summed E-state index contributed by atoms with van der Waals surface area (Å²) in [6, 6.07) is 12.3. The van der Waals surface area contributed by atoms with Gasteiger partial charge in [0.1, 0.15) is 11.1 Å². The van der Waals surface area contributed by atoms with Crippen molar-refractivity contribution in [3.8, 4) is 17.2 Å². The zero-order chi connectivity index (χ0) is 17.6. The van der Waals surface area contributed by atoms with E-state index in [4.69, 9.17) is 9.72 Å². The van der Waals surface area contributed by atoms with E-state index in [9.17, 15) is 10.1 Å². The summed E-state index contributed by atoms with van der Waals surface area (Å²) in [5.74, 6) is 1.77. The lowest BCUT2D eigenvalue weighted by atomic mass is 9.95. The number of rotatable bonds is 5. The van der Waals surface area contributed by atoms with E-state index in [1.54, 1.807) is 6.92 Å². The van der Waals surface area contributed by atoms with Crippen LogP contribution >= 0.6 is 23.5 Å². The maximum absolute atomic E-state index is 11.7. The lowest BCUT2D eigenvalue weighted by Gasteiger charge is -2.21. The van der Waals surface area contributed by atoms with E-state index in [1.165, 1.54) is 11.8 Å². The molecule has 0 bridgehead atoms. The van der Waals surface area contributed by atoms with E-state index in [-0.39, 0.29) is 11.7 Å². The molecule has 0 fully saturated rings. The maximum atomic E-state index is 11.7. The van der Waals surface area contributed by atoms with E-state index in [0.717, 1.165) is 40.3 Å². The van der Waals surface area contributed by atoms with Crippen molar-refractivity contribution in [3.63, 3.8) is 0 Å². The van der Waals surface area contributed by atoms with Crippen LogP contribution in [0.3, 0.4) is 0 Å². The first-order valence-corrected chi connectivity index (χ1v) is 10.3. The van der Waals surface area contributed by atoms with Crippen molar-refractivity contribution in [2.75, 3.05) is 18.1 Å². The first kappa shape index (κ1) is 17.8. The number of benzene rings is 1. The Morgan fingerprint density at radius 3 is 2.92 bits per heavy atom. The largest absolute Gasteiger partial charge is 0.465 e. The highest BCUT2D eigenvalue weighted by Gasteiger charge is 2.23. The first-order chi connectivity index (χ1) is 12.2. The Morgan fingerprint density at radius 2 is 2.20 bits per heavy atom. The van der Waals surface area contributed by atoms with Crippen molar-refractivity contribution >= 4 is 29.5 Å². The smallest absolute Gasteiger partial charge is 0.316 e. The lowest BCUT2D eigenvalue weighted by molar-refractivity contribution is -0.139.